The van der Waals surface area contributed by atoms with Gasteiger partial charge >= 0.3 is 23.9 Å². The van der Waals surface area contributed by atoms with E-state index in [1.807, 2.05) is 13.8 Å². The predicted molar refractivity (Wildman–Crippen MR) is 138 cm³/mol. The Morgan fingerprint density at radius 3 is 1.90 bits per heavy atom. The maximum Gasteiger partial charge on any atom is 0.307 e. The molecule has 0 aromatic rings. The number of rotatable bonds is 5. The van der Waals surface area contributed by atoms with Crippen LogP contribution >= 0.6 is 0 Å². The van der Waals surface area contributed by atoms with Crippen molar-refractivity contribution < 1.29 is 53.4 Å². The van der Waals surface area contributed by atoms with Crippen molar-refractivity contribution in [1.82, 2.24) is 0 Å². The lowest BCUT2D eigenvalue weighted by atomic mass is 9.60. The lowest BCUT2D eigenvalue weighted by molar-refractivity contribution is -0.156. The van der Waals surface area contributed by atoms with Crippen molar-refractivity contribution in [2.75, 3.05) is 6.61 Å². The Labute approximate surface area is 228 Å². The first-order valence-corrected chi connectivity index (χ1v) is 12.8. The van der Waals surface area contributed by atoms with Crippen molar-refractivity contribution >= 4 is 23.9 Å². The van der Waals surface area contributed by atoms with Crippen LogP contribution in [0.5, 0.6) is 0 Å². The van der Waals surface area contributed by atoms with Gasteiger partial charge in [-0.3, -0.25) is 19.2 Å². The maximum absolute atomic E-state index is 12.4. The van der Waals surface area contributed by atoms with Crippen molar-refractivity contribution in [2.24, 2.45) is 11.3 Å². The molecule has 2 aliphatic rings. The van der Waals surface area contributed by atoms with Gasteiger partial charge in [0.05, 0.1) is 18.8 Å². The molecular formula is C28H40O11. The fourth-order valence-corrected chi connectivity index (χ4v) is 5.52. The molecule has 2 aliphatic carbocycles. The van der Waals surface area contributed by atoms with Crippen LogP contribution in [0.25, 0.3) is 0 Å². The van der Waals surface area contributed by atoms with E-state index in [1.54, 1.807) is 6.92 Å². The molecule has 0 radical (unpaired) electrons. The normalized spacial score (nSPS) is 32.5. The molecule has 0 aromatic heterocycles. The molecule has 3 N–H and O–H groups in total. The predicted octanol–water partition coefficient (Wildman–Crippen LogP) is 2.03. The maximum atomic E-state index is 12.4. The second-order valence-corrected chi connectivity index (χ2v) is 10.6. The summed E-state index contributed by atoms with van der Waals surface area (Å²) in [6.07, 6.45) is -4.61. The van der Waals surface area contributed by atoms with Gasteiger partial charge in [-0.25, -0.2) is 0 Å². The van der Waals surface area contributed by atoms with Crippen LogP contribution in [0.3, 0.4) is 0 Å². The molecule has 0 aliphatic heterocycles. The first-order valence-electron chi connectivity index (χ1n) is 12.8. The Hall–Kier alpha value is -3.02. The van der Waals surface area contributed by atoms with Gasteiger partial charge in [0.25, 0.3) is 0 Å². The quantitative estimate of drug-likeness (QED) is 0.259. The molecule has 6 atom stereocenters. The largest absolute Gasteiger partial charge is 0.458 e. The van der Waals surface area contributed by atoms with Gasteiger partial charge in [-0.2, -0.15) is 0 Å². The molecule has 0 amide bonds. The van der Waals surface area contributed by atoms with Crippen molar-refractivity contribution in [3.8, 4) is 0 Å². The summed E-state index contributed by atoms with van der Waals surface area (Å²) in [7, 11) is 0. The van der Waals surface area contributed by atoms with Gasteiger partial charge in [0.2, 0.25) is 0 Å². The number of aliphatic hydroxyl groups excluding tert-OH is 3. The molecule has 218 valence electrons. The average molecular weight is 553 g/mol. The van der Waals surface area contributed by atoms with Gasteiger partial charge in [-0.05, 0) is 54.1 Å². The number of hydrogen-bond donors (Lipinski definition) is 3. The molecule has 11 nitrogen and oxygen atoms in total. The molecule has 11 heteroatoms. The van der Waals surface area contributed by atoms with Crippen molar-refractivity contribution in [2.45, 2.75) is 98.8 Å². The number of carbonyl (C=O) groups excluding carboxylic acids is 4. The highest BCUT2D eigenvalue weighted by molar-refractivity contribution is 5.70. The molecule has 0 fully saturated rings. The molecule has 0 heterocycles. The van der Waals surface area contributed by atoms with Crippen molar-refractivity contribution in [3.05, 3.63) is 34.1 Å². The third-order valence-electron chi connectivity index (χ3n) is 7.37. The summed E-state index contributed by atoms with van der Waals surface area (Å²) >= 11 is 0. The number of aliphatic hydroxyl groups is 3. The number of ether oxygens (including phenoxy) is 4. The molecule has 2 bridgehead atoms. The van der Waals surface area contributed by atoms with E-state index >= 15 is 0 Å². The molecule has 39 heavy (non-hydrogen) atoms. The van der Waals surface area contributed by atoms with Gasteiger partial charge in [0.15, 0.2) is 11.9 Å². The van der Waals surface area contributed by atoms with Crippen LogP contribution in [0, 0.1) is 11.3 Å². The lowest BCUT2D eigenvalue weighted by Gasteiger charge is -2.48. The highest BCUT2D eigenvalue weighted by Crippen LogP contribution is 2.51. The number of carbonyl (C=O) groups is 4. The van der Waals surface area contributed by atoms with Gasteiger partial charge in [-0.1, -0.05) is 13.8 Å². The topological polar surface area (TPSA) is 166 Å². The molecule has 0 aromatic carbocycles. The summed E-state index contributed by atoms with van der Waals surface area (Å²) in [5.41, 5.74) is 0.215. The van der Waals surface area contributed by atoms with E-state index in [0.717, 1.165) is 6.92 Å². The van der Waals surface area contributed by atoms with E-state index in [1.165, 1.54) is 33.8 Å². The highest BCUT2D eigenvalue weighted by Gasteiger charge is 2.51. The van der Waals surface area contributed by atoms with Gasteiger partial charge in [-0.15, -0.1) is 0 Å². The fourth-order valence-electron chi connectivity index (χ4n) is 5.52. The molecule has 0 spiro atoms. The van der Waals surface area contributed by atoms with Gasteiger partial charge in [0, 0.05) is 40.0 Å². The third kappa shape index (κ3) is 7.55. The molecular weight excluding hydrogens is 512 g/mol. The summed E-state index contributed by atoms with van der Waals surface area (Å²) in [6, 6.07) is 0. The van der Waals surface area contributed by atoms with E-state index in [-0.39, 0.29) is 29.7 Å². The van der Waals surface area contributed by atoms with Crippen molar-refractivity contribution in [3.63, 3.8) is 0 Å². The lowest BCUT2D eigenvalue weighted by Crippen LogP contribution is -2.49. The van der Waals surface area contributed by atoms with Crippen LogP contribution in [0.2, 0.25) is 0 Å². The molecule has 0 saturated heterocycles. The van der Waals surface area contributed by atoms with Crippen LogP contribution in [0.15, 0.2) is 34.1 Å². The van der Waals surface area contributed by atoms with Gasteiger partial charge < -0.3 is 34.3 Å². The Kier molecular flexibility index (Phi) is 10.6. The zero-order valence-corrected chi connectivity index (χ0v) is 23.8. The van der Waals surface area contributed by atoms with E-state index in [4.69, 9.17) is 18.9 Å². The summed E-state index contributed by atoms with van der Waals surface area (Å²) in [5, 5.41) is 32.1. The first kappa shape index (κ1) is 32.2. The summed E-state index contributed by atoms with van der Waals surface area (Å²) < 4.78 is 22.6. The van der Waals surface area contributed by atoms with E-state index < -0.39 is 72.3 Å². The molecule has 2 rings (SSSR count). The van der Waals surface area contributed by atoms with E-state index in [0.29, 0.717) is 11.1 Å². The summed E-state index contributed by atoms with van der Waals surface area (Å²) in [5.74, 6) is -3.43. The zero-order chi connectivity index (χ0) is 29.8. The number of esters is 4. The average Bonchev–Trinajstić information content (AvgIpc) is 2.79. The SMILES string of the molecule is CC(=O)O/C1=C(/C)[C@H](O)C[C@H](O)/C(CO)=C/[C@H](OC(C)=O)[C@@H]2C[C@H](OC(C)=O)C(C)=C([C@H]1OC(C)=O)C2(C)C. The highest BCUT2D eigenvalue weighted by atomic mass is 16.6. The smallest absolute Gasteiger partial charge is 0.307 e. The Morgan fingerprint density at radius 2 is 1.41 bits per heavy atom. The third-order valence-corrected chi connectivity index (χ3v) is 7.37. The van der Waals surface area contributed by atoms with Crippen LogP contribution < -0.4 is 0 Å². The standard InChI is InChI=1S/C28H40O11/c1-13-21(34)11-22(35)19(12-29)9-24(37-16(4)31)20-10-23(36-15(3)30)14(2)25(28(20,7)8)27(39-18(6)33)26(13)38-17(5)32/h9,20-24,27,29,34-35H,10-12H2,1-8H3/b19-9+,26-13-/t20-,21+,22-,23-,24-,27+/m0/s1. The number of fused-ring (bicyclic) bond motifs is 2. The Balaban J connectivity index is 3.05. The minimum Gasteiger partial charge on any atom is -0.458 e. The molecule has 0 saturated carbocycles. The van der Waals surface area contributed by atoms with Gasteiger partial charge in [0.1, 0.15) is 12.2 Å². The summed E-state index contributed by atoms with van der Waals surface area (Å²) in [4.78, 5) is 48.9. The second-order valence-electron chi connectivity index (χ2n) is 10.6. The van der Waals surface area contributed by atoms with Crippen LogP contribution in [0.1, 0.15) is 68.2 Å². The monoisotopic (exact) mass is 552 g/mol. The molecule has 0 unspecified atom stereocenters. The van der Waals surface area contributed by atoms with Crippen molar-refractivity contribution in [1.29, 1.82) is 0 Å². The minimum absolute atomic E-state index is 0.104. The second kappa shape index (κ2) is 12.9. The zero-order valence-electron chi connectivity index (χ0n) is 23.8. The van der Waals surface area contributed by atoms with E-state index in [9.17, 15) is 34.5 Å². The Morgan fingerprint density at radius 1 is 0.846 bits per heavy atom. The Bertz CT molecular complexity index is 1080. The summed E-state index contributed by atoms with van der Waals surface area (Å²) in [6.45, 7) is 11.0. The van der Waals surface area contributed by atoms with Crippen LogP contribution in [-0.2, 0) is 38.1 Å². The van der Waals surface area contributed by atoms with Crippen LogP contribution in [-0.4, -0.2) is 76.3 Å². The van der Waals surface area contributed by atoms with E-state index in [2.05, 4.69) is 0 Å². The fraction of sp³-hybridized carbons (Fsp3) is 0.643. The number of hydrogen-bond acceptors (Lipinski definition) is 11. The minimum atomic E-state index is -1.39. The first-order chi connectivity index (χ1) is 18.0. The van der Waals surface area contributed by atoms with Crippen LogP contribution in [0.4, 0.5) is 0 Å².